The molecule has 0 bridgehead atoms. The average Bonchev–Trinajstić information content (AvgIpc) is 2.59. The van der Waals surface area contributed by atoms with Gasteiger partial charge in [-0.3, -0.25) is 4.79 Å². The van der Waals surface area contributed by atoms with Crippen molar-refractivity contribution in [3.8, 4) is 0 Å². The number of fused-ring (bicyclic) bond motifs is 1. The Morgan fingerprint density at radius 2 is 1.92 bits per heavy atom. The molecular weight excluding hydrogens is 296 g/mol. The summed E-state index contributed by atoms with van der Waals surface area (Å²) < 4.78 is 0. The van der Waals surface area contributed by atoms with E-state index >= 15 is 0 Å². The fourth-order valence-electron chi connectivity index (χ4n) is 3.44. The van der Waals surface area contributed by atoms with Gasteiger partial charge in [-0.15, -0.1) is 0 Å². The molecule has 0 aromatic heterocycles. The van der Waals surface area contributed by atoms with Crippen LogP contribution in [0.1, 0.15) is 30.0 Å². The zero-order chi connectivity index (χ0) is 16.9. The first-order valence-electron chi connectivity index (χ1n) is 8.81. The Morgan fingerprint density at radius 3 is 2.75 bits per heavy atom. The first-order valence-corrected chi connectivity index (χ1v) is 8.81. The monoisotopic (exact) mass is 322 g/mol. The van der Waals surface area contributed by atoms with Crippen molar-refractivity contribution in [1.29, 1.82) is 0 Å². The highest BCUT2D eigenvalue weighted by Crippen LogP contribution is 2.29. The van der Waals surface area contributed by atoms with Gasteiger partial charge >= 0.3 is 0 Å². The predicted molar refractivity (Wildman–Crippen MR) is 99.5 cm³/mol. The van der Waals surface area contributed by atoms with Crippen molar-refractivity contribution in [3.05, 3.63) is 65.2 Å². The molecule has 1 aliphatic rings. The molecule has 0 saturated heterocycles. The summed E-state index contributed by atoms with van der Waals surface area (Å²) in [7, 11) is 0. The number of carbonyl (C=O) groups is 1. The van der Waals surface area contributed by atoms with Crippen LogP contribution < -0.4 is 10.2 Å². The van der Waals surface area contributed by atoms with Crippen molar-refractivity contribution in [2.75, 3.05) is 18.0 Å². The van der Waals surface area contributed by atoms with Crippen LogP contribution in [0.2, 0.25) is 0 Å². The molecule has 2 aromatic rings. The highest BCUT2D eigenvalue weighted by molar-refractivity contribution is 5.82. The van der Waals surface area contributed by atoms with E-state index in [0.717, 1.165) is 19.3 Å². The number of nitrogens with one attached hydrogen (secondary N) is 1. The molecule has 1 N–H and O–H groups in total. The summed E-state index contributed by atoms with van der Waals surface area (Å²) in [5.41, 5.74) is 5.15. The van der Waals surface area contributed by atoms with Crippen LogP contribution in [-0.2, 0) is 17.6 Å². The fraction of sp³-hybridized carbons (Fsp3) is 0.381. The molecule has 3 heteroatoms. The Kier molecular flexibility index (Phi) is 5.19. The summed E-state index contributed by atoms with van der Waals surface area (Å²) in [5.74, 6) is 0.104. The zero-order valence-electron chi connectivity index (χ0n) is 14.6. The molecule has 0 spiro atoms. The molecule has 1 unspecified atom stereocenters. The number of anilines is 1. The molecule has 3 rings (SSSR count). The van der Waals surface area contributed by atoms with Gasteiger partial charge in [0.25, 0.3) is 0 Å². The first kappa shape index (κ1) is 16.6. The summed E-state index contributed by atoms with van der Waals surface area (Å²) in [6.07, 6.45) is 3.08. The predicted octanol–water partition coefficient (Wildman–Crippen LogP) is 3.50. The van der Waals surface area contributed by atoms with E-state index in [2.05, 4.69) is 66.5 Å². The number of benzene rings is 2. The topological polar surface area (TPSA) is 32.3 Å². The number of para-hydroxylation sites is 1. The molecule has 1 aliphatic heterocycles. The van der Waals surface area contributed by atoms with Gasteiger partial charge in [0.1, 0.15) is 0 Å². The molecule has 1 amide bonds. The van der Waals surface area contributed by atoms with Crippen molar-refractivity contribution in [3.63, 3.8) is 0 Å². The molecule has 1 atom stereocenters. The molecule has 126 valence electrons. The van der Waals surface area contributed by atoms with Crippen LogP contribution in [0.15, 0.2) is 48.5 Å². The number of hydrogen-bond acceptors (Lipinski definition) is 2. The molecule has 0 radical (unpaired) electrons. The molecule has 0 aliphatic carbocycles. The summed E-state index contributed by atoms with van der Waals surface area (Å²) in [6, 6.07) is 17.2. The van der Waals surface area contributed by atoms with Gasteiger partial charge in [-0.25, -0.2) is 0 Å². The van der Waals surface area contributed by atoms with Crippen molar-refractivity contribution < 1.29 is 4.79 Å². The van der Waals surface area contributed by atoms with E-state index in [4.69, 9.17) is 0 Å². The van der Waals surface area contributed by atoms with Crippen molar-refractivity contribution in [2.45, 2.75) is 39.2 Å². The van der Waals surface area contributed by atoms with E-state index in [-0.39, 0.29) is 5.91 Å². The summed E-state index contributed by atoms with van der Waals surface area (Å²) in [4.78, 5) is 14.6. The highest BCUT2D eigenvalue weighted by atomic mass is 16.2. The Labute approximate surface area is 144 Å². The van der Waals surface area contributed by atoms with E-state index in [0.29, 0.717) is 19.1 Å². The van der Waals surface area contributed by atoms with E-state index < -0.39 is 0 Å². The van der Waals surface area contributed by atoms with E-state index in [1.807, 2.05) is 6.07 Å². The van der Waals surface area contributed by atoms with Gasteiger partial charge < -0.3 is 10.2 Å². The Morgan fingerprint density at radius 1 is 1.17 bits per heavy atom. The lowest BCUT2D eigenvalue weighted by molar-refractivity contribution is -0.119. The third kappa shape index (κ3) is 3.78. The Balaban J connectivity index is 1.56. The minimum atomic E-state index is 0.104. The maximum absolute atomic E-state index is 12.4. The third-order valence-corrected chi connectivity index (χ3v) is 4.96. The number of carbonyl (C=O) groups excluding carboxylic acids is 1. The van der Waals surface area contributed by atoms with Gasteiger partial charge in [-0.2, -0.15) is 0 Å². The molecule has 0 fully saturated rings. The van der Waals surface area contributed by atoms with E-state index in [9.17, 15) is 4.79 Å². The molecule has 3 nitrogen and oxygen atoms in total. The lowest BCUT2D eigenvalue weighted by Gasteiger charge is -2.36. The standard InChI is InChI=1S/C21H26N2O/c1-16-7-3-4-8-18(16)13-14-22-21(24)15-23-17(2)11-12-19-9-5-6-10-20(19)23/h3-10,17H,11-15H2,1-2H3,(H,22,24). The smallest absolute Gasteiger partial charge is 0.239 e. The van der Waals surface area contributed by atoms with Crippen molar-refractivity contribution in [1.82, 2.24) is 5.32 Å². The molecule has 1 heterocycles. The minimum Gasteiger partial charge on any atom is -0.359 e. The second-order valence-electron chi connectivity index (χ2n) is 6.67. The molecule has 2 aromatic carbocycles. The van der Waals surface area contributed by atoms with Crippen LogP contribution in [0.4, 0.5) is 5.69 Å². The van der Waals surface area contributed by atoms with E-state index in [1.165, 1.54) is 22.4 Å². The van der Waals surface area contributed by atoms with Crippen LogP contribution in [0.3, 0.4) is 0 Å². The van der Waals surface area contributed by atoms with Crippen molar-refractivity contribution in [2.24, 2.45) is 0 Å². The van der Waals surface area contributed by atoms with Gasteiger partial charge in [-0.05, 0) is 55.9 Å². The Hall–Kier alpha value is -2.29. The SMILES string of the molecule is Cc1ccccc1CCNC(=O)CN1c2ccccc2CCC1C. The number of hydrogen-bond donors (Lipinski definition) is 1. The zero-order valence-corrected chi connectivity index (χ0v) is 14.6. The normalized spacial score (nSPS) is 16.6. The fourth-order valence-corrected chi connectivity index (χ4v) is 3.44. The van der Waals surface area contributed by atoms with Gasteiger partial charge in [0.2, 0.25) is 5.91 Å². The third-order valence-electron chi connectivity index (χ3n) is 4.96. The number of amides is 1. The summed E-state index contributed by atoms with van der Waals surface area (Å²) in [5, 5.41) is 3.08. The second-order valence-corrected chi connectivity index (χ2v) is 6.67. The van der Waals surface area contributed by atoms with Crippen LogP contribution in [0.5, 0.6) is 0 Å². The summed E-state index contributed by atoms with van der Waals surface area (Å²) in [6.45, 7) is 5.44. The summed E-state index contributed by atoms with van der Waals surface area (Å²) >= 11 is 0. The van der Waals surface area contributed by atoms with Gasteiger partial charge in [0.05, 0.1) is 6.54 Å². The maximum Gasteiger partial charge on any atom is 0.239 e. The van der Waals surface area contributed by atoms with Crippen LogP contribution in [-0.4, -0.2) is 25.0 Å². The van der Waals surface area contributed by atoms with Crippen molar-refractivity contribution >= 4 is 11.6 Å². The van der Waals surface area contributed by atoms with Crippen LogP contribution in [0.25, 0.3) is 0 Å². The van der Waals surface area contributed by atoms with Crippen LogP contribution in [0, 0.1) is 6.92 Å². The molecule has 0 saturated carbocycles. The molecule has 24 heavy (non-hydrogen) atoms. The highest BCUT2D eigenvalue weighted by Gasteiger charge is 2.24. The van der Waals surface area contributed by atoms with Gasteiger partial charge in [0.15, 0.2) is 0 Å². The van der Waals surface area contributed by atoms with E-state index in [1.54, 1.807) is 0 Å². The first-order chi connectivity index (χ1) is 11.6. The minimum absolute atomic E-state index is 0.104. The quantitative estimate of drug-likeness (QED) is 0.914. The Bertz CT molecular complexity index is 710. The average molecular weight is 322 g/mol. The van der Waals surface area contributed by atoms with Crippen LogP contribution >= 0.6 is 0 Å². The number of aryl methyl sites for hydroxylation is 2. The second kappa shape index (κ2) is 7.52. The van der Waals surface area contributed by atoms with Gasteiger partial charge in [-0.1, -0.05) is 42.5 Å². The lowest BCUT2D eigenvalue weighted by Crippen LogP contribution is -2.44. The largest absolute Gasteiger partial charge is 0.359 e. The number of rotatable bonds is 5. The molecular formula is C21H26N2O. The number of nitrogens with zero attached hydrogens (tertiary/aromatic N) is 1. The lowest BCUT2D eigenvalue weighted by atomic mass is 9.96. The van der Waals surface area contributed by atoms with Gasteiger partial charge in [0, 0.05) is 18.3 Å². The maximum atomic E-state index is 12.4.